The van der Waals surface area contributed by atoms with Crippen molar-refractivity contribution in [2.45, 2.75) is 26.7 Å². The number of rotatable bonds is 6. The number of carbonyl (C=O) groups is 1. The van der Waals surface area contributed by atoms with Gasteiger partial charge in [-0.3, -0.25) is 4.79 Å². The third-order valence-electron chi connectivity index (χ3n) is 2.62. The average molecular weight is 300 g/mol. The van der Waals surface area contributed by atoms with Crippen molar-refractivity contribution in [1.82, 2.24) is 0 Å². The lowest BCUT2D eigenvalue weighted by Crippen LogP contribution is -2.15. The van der Waals surface area contributed by atoms with E-state index in [0.29, 0.717) is 18.9 Å². The molecule has 1 aromatic rings. The minimum absolute atomic E-state index is 0.254. The Labute approximate surface area is 110 Å². The number of hydrogen-bond acceptors (Lipinski definition) is 2. The van der Waals surface area contributed by atoms with E-state index in [9.17, 15) is 4.79 Å². The van der Waals surface area contributed by atoms with Crippen LogP contribution >= 0.6 is 15.9 Å². The summed E-state index contributed by atoms with van der Waals surface area (Å²) in [5.74, 6) is 0.946. The predicted octanol–water partition coefficient (Wildman–Crippen LogP) is 3.04. The fraction of sp³-hybridized carbons (Fsp3) is 0.462. The number of carbonyl (C=O) groups excluding carboxylic acids is 1. The SMILES string of the molecule is Cc1c(Br)cccc1OC[C@@H](C)CCC(N)=O. The highest BCUT2D eigenvalue weighted by molar-refractivity contribution is 9.10. The molecule has 0 aliphatic carbocycles. The van der Waals surface area contributed by atoms with Crippen molar-refractivity contribution in [2.24, 2.45) is 11.7 Å². The van der Waals surface area contributed by atoms with Gasteiger partial charge >= 0.3 is 0 Å². The van der Waals surface area contributed by atoms with Gasteiger partial charge in [-0.15, -0.1) is 0 Å². The van der Waals surface area contributed by atoms with Gasteiger partial charge in [0.25, 0.3) is 0 Å². The highest BCUT2D eigenvalue weighted by Crippen LogP contribution is 2.26. The smallest absolute Gasteiger partial charge is 0.217 e. The van der Waals surface area contributed by atoms with Gasteiger partial charge in [-0.05, 0) is 31.4 Å². The lowest BCUT2D eigenvalue weighted by Gasteiger charge is -2.14. The molecule has 0 bridgehead atoms. The second kappa shape index (κ2) is 6.64. The van der Waals surface area contributed by atoms with Crippen molar-refractivity contribution in [3.8, 4) is 5.75 Å². The molecule has 0 aliphatic heterocycles. The molecule has 1 atom stereocenters. The van der Waals surface area contributed by atoms with Crippen LogP contribution in [0.2, 0.25) is 0 Å². The Morgan fingerprint density at radius 3 is 2.88 bits per heavy atom. The summed E-state index contributed by atoms with van der Waals surface area (Å²) < 4.78 is 6.77. The molecule has 0 saturated heterocycles. The maximum atomic E-state index is 10.7. The van der Waals surface area contributed by atoms with Crippen molar-refractivity contribution in [3.05, 3.63) is 28.2 Å². The second-order valence-electron chi connectivity index (χ2n) is 4.28. The predicted molar refractivity (Wildman–Crippen MR) is 72.0 cm³/mol. The first kappa shape index (κ1) is 14.0. The molecule has 0 spiro atoms. The van der Waals surface area contributed by atoms with E-state index in [1.807, 2.05) is 25.1 Å². The Morgan fingerprint density at radius 2 is 2.24 bits per heavy atom. The van der Waals surface area contributed by atoms with Gasteiger partial charge in [0, 0.05) is 16.5 Å². The summed E-state index contributed by atoms with van der Waals surface area (Å²) in [5.41, 5.74) is 6.20. The molecule has 17 heavy (non-hydrogen) atoms. The molecular formula is C13H18BrNO2. The standard InChI is InChI=1S/C13H18BrNO2/c1-9(6-7-13(15)16)8-17-12-5-3-4-11(14)10(12)2/h3-5,9H,6-8H2,1-2H3,(H2,15,16)/t9-/m0/s1. The van der Waals surface area contributed by atoms with E-state index in [4.69, 9.17) is 10.5 Å². The fourth-order valence-electron chi connectivity index (χ4n) is 1.45. The van der Waals surface area contributed by atoms with Crippen LogP contribution in [0.15, 0.2) is 22.7 Å². The van der Waals surface area contributed by atoms with Gasteiger partial charge in [-0.25, -0.2) is 0 Å². The minimum Gasteiger partial charge on any atom is -0.493 e. The van der Waals surface area contributed by atoms with Gasteiger partial charge in [0.2, 0.25) is 5.91 Å². The quantitative estimate of drug-likeness (QED) is 0.878. The maximum absolute atomic E-state index is 10.7. The van der Waals surface area contributed by atoms with E-state index >= 15 is 0 Å². The summed E-state index contributed by atoms with van der Waals surface area (Å²) in [7, 11) is 0. The first-order valence-electron chi connectivity index (χ1n) is 5.67. The molecule has 0 saturated carbocycles. The third-order valence-corrected chi connectivity index (χ3v) is 3.48. The maximum Gasteiger partial charge on any atom is 0.217 e. The van der Waals surface area contributed by atoms with Crippen molar-refractivity contribution in [2.75, 3.05) is 6.61 Å². The molecule has 0 heterocycles. The van der Waals surface area contributed by atoms with Crippen LogP contribution < -0.4 is 10.5 Å². The van der Waals surface area contributed by atoms with Crippen LogP contribution in [0.5, 0.6) is 5.75 Å². The number of ether oxygens (including phenoxy) is 1. The monoisotopic (exact) mass is 299 g/mol. The summed E-state index contributed by atoms with van der Waals surface area (Å²) in [6, 6.07) is 5.88. The number of amides is 1. The molecule has 1 rings (SSSR count). The van der Waals surface area contributed by atoms with E-state index in [-0.39, 0.29) is 5.91 Å². The van der Waals surface area contributed by atoms with E-state index < -0.39 is 0 Å². The Bertz CT molecular complexity index is 393. The number of benzene rings is 1. The first-order valence-corrected chi connectivity index (χ1v) is 6.46. The molecule has 0 unspecified atom stereocenters. The molecular weight excluding hydrogens is 282 g/mol. The minimum atomic E-state index is -0.254. The van der Waals surface area contributed by atoms with Crippen molar-refractivity contribution in [1.29, 1.82) is 0 Å². The average Bonchev–Trinajstić information content (AvgIpc) is 2.28. The number of hydrogen-bond donors (Lipinski definition) is 1. The Morgan fingerprint density at radius 1 is 1.53 bits per heavy atom. The Balaban J connectivity index is 2.44. The summed E-state index contributed by atoms with van der Waals surface area (Å²) in [5, 5.41) is 0. The molecule has 94 valence electrons. The first-order chi connectivity index (χ1) is 8.00. The Hall–Kier alpha value is -1.03. The zero-order valence-electron chi connectivity index (χ0n) is 10.2. The Kier molecular flexibility index (Phi) is 5.48. The molecule has 4 heteroatoms. The normalized spacial score (nSPS) is 12.2. The van der Waals surface area contributed by atoms with E-state index in [0.717, 1.165) is 22.2 Å². The summed E-state index contributed by atoms with van der Waals surface area (Å²) in [4.78, 5) is 10.7. The van der Waals surface area contributed by atoms with E-state index in [1.54, 1.807) is 0 Å². The highest BCUT2D eigenvalue weighted by atomic mass is 79.9. The van der Waals surface area contributed by atoms with Crippen LogP contribution in [0.25, 0.3) is 0 Å². The van der Waals surface area contributed by atoms with Crippen LogP contribution in [0.1, 0.15) is 25.3 Å². The molecule has 1 aromatic carbocycles. The van der Waals surface area contributed by atoms with Crippen LogP contribution in [0.3, 0.4) is 0 Å². The third kappa shape index (κ3) is 4.77. The topological polar surface area (TPSA) is 52.3 Å². The van der Waals surface area contributed by atoms with Gasteiger partial charge in [-0.1, -0.05) is 28.9 Å². The molecule has 2 N–H and O–H groups in total. The van der Waals surface area contributed by atoms with Gasteiger partial charge in [0.05, 0.1) is 6.61 Å². The second-order valence-corrected chi connectivity index (χ2v) is 5.14. The van der Waals surface area contributed by atoms with Crippen LogP contribution in [-0.4, -0.2) is 12.5 Å². The lowest BCUT2D eigenvalue weighted by molar-refractivity contribution is -0.118. The number of primary amides is 1. The summed E-state index contributed by atoms with van der Waals surface area (Å²) >= 11 is 3.46. The van der Waals surface area contributed by atoms with Gasteiger partial charge in [-0.2, -0.15) is 0 Å². The number of halogens is 1. The largest absolute Gasteiger partial charge is 0.493 e. The van der Waals surface area contributed by atoms with Crippen molar-refractivity contribution in [3.63, 3.8) is 0 Å². The molecule has 3 nitrogen and oxygen atoms in total. The van der Waals surface area contributed by atoms with Gasteiger partial charge in [0.15, 0.2) is 0 Å². The van der Waals surface area contributed by atoms with Crippen LogP contribution in [-0.2, 0) is 4.79 Å². The lowest BCUT2D eigenvalue weighted by atomic mass is 10.1. The number of nitrogens with two attached hydrogens (primary N) is 1. The molecule has 1 amide bonds. The van der Waals surface area contributed by atoms with Gasteiger partial charge in [0.1, 0.15) is 5.75 Å². The zero-order chi connectivity index (χ0) is 12.8. The van der Waals surface area contributed by atoms with E-state index in [2.05, 4.69) is 22.9 Å². The van der Waals surface area contributed by atoms with E-state index in [1.165, 1.54) is 0 Å². The molecule has 0 radical (unpaired) electrons. The van der Waals surface area contributed by atoms with Crippen molar-refractivity contribution >= 4 is 21.8 Å². The zero-order valence-corrected chi connectivity index (χ0v) is 11.8. The molecule has 0 fully saturated rings. The van der Waals surface area contributed by atoms with Crippen LogP contribution in [0.4, 0.5) is 0 Å². The van der Waals surface area contributed by atoms with Gasteiger partial charge < -0.3 is 10.5 Å². The highest BCUT2D eigenvalue weighted by Gasteiger charge is 2.07. The van der Waals surface area contributed by atoms with Crippen molar-refractivity contribution < 1.29 is 9.53 Å². The fourth-order valence-corrected chi connectivity index (χ4v) is 1.80. The molecule has 0 aromatic heterocycles. The summed E-state index contributed by atoms with van der Waals surface area (Å²) in [6.07, 6.45) is 1.18. The van der Waals surface area contributed by atoms with Crippen LogP contribution in [0, 0.1) is 12.8 Å². The summed E-state index contributed by atoms with van der Waals surface area (Å²) in [6.45, 7) is 4.66. The molecule has 0 aliphatic rings.